The third-order valence-electron chi connectivity index (χ3n) is 3.86. The first-order valence-corrected chi connectivity index (χ1v) is 7.94. The lowest BCUT2D eigenvalue weighted by atomic mass is 10.1. The van der Waals surface area contributed by atoms with Crippen LogP contribution in [-0.2, 0) is 16.1 Å². The highest BCUT2D eigenvalue weighted by atomic mass is 19.1. The summed E-state index contributed by atoms with van der Waals surface area (Å²) >= 11 is 0. The molecule has 25 heavy (non-hydrogen) atoms. The lowest BCUT2D eigenvalue weighted by Crippen LogP contribution is -2.47. The summed E-state index contributed by atoms with van der Waals surface area (Å²) in [7, 11) is 0. The number of aromatic nitrogens is 2. The summed E-state index contributed by atoms with van der Waals surface area (Å²) in [5.74, 6) is -1.98. The number of hydrogen-bond donors (Lipinski definition) is 2. The molecule has 132 valence electrons. The zero-order valence-corrected chi connectivity index (χ0v) is 13.3. The highest BCUT2D eigenvalue weighted by Crippen LogP contribution is 2.15. The molecule has 0 spiro atoms. The second-order valence-corrected chi connectivity index (χ2v) is 5.74. The number of benzene rings is 1. The van der Waals surface area contributed by atoms with Gasteiger partial charge in [-0.25, -0.2) is 9.18 Å². The van der Waals surface area contributed by atoms with Crippen molar-refractivity contribution in [1.82, 2.24) is 20.4 Å². The van der Waals surface area contributed by atoms with Gasteiger partial charge in [0.05, 0.1) is 0 Å². The largest absolute Gasteiger partial charge is 0.437 e. The lowest BCUT2D eigenvalue weighted by Gasteiger charge is -2.14. The molecule has 2 N–H and O–H groups in total. The third kappa shape index (κ3) is 4.11. The van der Waals surface area contributed by atoms with Crippen molar-refractivity contribution in [3.8, 4) is 11.5 Å². The van der Waals surface area contributed by atoms with Crippen molar-refractivity contribution in [2.24, 2.45) is 0 Å². The molecule has 1 fully saturated rings. The SMILES string of the molecule is O=C(Cn1nc(-c2ccc(F)cc2)oc1=O)N[C@@H]1CCCCNC1=O. The Morgan fingerprint density at radius 1 is 1.32 bits per heavy atom. The molecule has 1 saturated heterocycles. The molecule has 1 aliphatic rings. The van der Waals surface area contributed by atoms with Crippen LogP contribution in [-0.4, -0.2) is 34.2 Å². The minimum Gasteiger partial charge on any atom is -0.388 e. The van der Waals surface area contributed by atoms with Crippen LogP contribution in [0.1, 0.15) is 19.3 Å². The van der Waals surface area contributed by atoms with Gasteiger partial charge in [0.15, 0.2) is 0 Å². The Balaban J connectivity index is 1.68. The summed E-state index contributed by atoms with van der Waals surface area (Å²) in [5.41, 5.74) is 0.417. The molecular formula is C16H17FN4O4. The van der Waals surface area contributed by atoms with Crippen LogP contribution < -0.4 is 16.4 Å². The first-order valence-electron chi connectivity index (χ1n) is 7.94. The van der Waals surface area contributed by atoms with Crippen molar-refractivity contribution in [2.75, 3.05) is 6.54 Å². The van der Waals surface area contributed by atoms with Crippen LogP contribution in [0.4, 0.5) is 4.39 Å². The molecule has 1 aromatic carbocycles. The Labute approximate surface area is 142 Å². The van der Waals surface area contributed by atoms with Gasteiger partial charge in [-0.05, 0) is 43.5 Å². The van der Waals surface area contributed by atoms with Crippen molar-refractivity contribution < 1.29 is 18.4 Å². The van der Waals surface area contributed by atoms with Gasteiger partial charge in [-0.1, -0.05) is 0 Å². The average Bonchev–Trinajstić information content (AvgIpc) is 2.81. The summed E-state index contributed by atoms with van der Waals surface area (Å²) < 4.78 is 18.8. The number of carbonyl (C=O) groups excluding carboxylic acids is 2. The highest BCUT2D eigenvalue weighted by Gasteiger charge is 2.23. The predicted octanol–water partition coefficient (Wildman–Crippen LogP) is 0.427. The van der Waals surface area contributed by atoms with E-state index in [1.807, 2.05) is 0 Å². The maximum atomic E-state index is 12.9. The molecule has 2 heterocycles. The number of carbonyl (C=O) groups is 2. The first-order chi connectivity index (χ1) is 12.0. The minimum absolute atomic E-state index is 0.00925. The summed E-state index contributed by atoms with van der Waals surface area (Å²) in [5, 5.41) is 9.25. The first kappa shape index (κ1) is 16.9. The van der Waals surface area contributed by atoms with Crippen molar-refractivity contribution in [1.29, 1.82) is 0 Å². The van der Waals surface area contributed by atoms with Crippen LogP contribution in [0.3, 0.4) is 0 Å². The van der Waals surface area contributed by atoms with E-state index in [0.29, 0.717) is 18.5 Å². The zero-order chi connectivity index (χ0) is 17.8. The van der Waals surface area contributed by atoms with Crippen LogP contribution in [0.2, 0.25) is 0 Å². The van der Waals surface area contributed by atoms with Gasteiger partial charge in [0, 0.05) is 12.1 Å². The Kier molecular flexibility index (Phi) is 4.92. The molecule has 3 rings (SSSR count). The van der Waals surface area contributed by atoms with Gasteiger partial charge < -0.3 is 15.1 Å². The molecular weight excluding hydrogens is 331 g/mol. The number of halogens is 1. The van der Waals surface area contributed by atoms with E-state index in [-0.39, 0.29) is 18.3 Å². The van der Waals surface area contributed by atoms with Gasteiger partial charge in [-0.3, -0.25) is 9.59 Å². The molecule has 1 atom stereocenters. The number of nitrogens with zero attached hydrogens (tertiary/aromatic N) is 2. The second kappa shape index (κ2) is 7.29. The van der Waals surface area contributed by atoms with Crippen molar-refractivity contribution in [3.63, 3.8) is 0 Å². The molecule has 0 bridgehead atoms. The molecule has 0 unspecified atom stereocenters. The zero-order valence-electron chi connectivity index (χ0n) is 13.3. The number of amides is 2. The second-order valence-electron chi connectivity index (χ2n) is 5.74. The molecule has 0 aliphatic carbocycles. The third-order valence-corrected chi connectivity index (χ3v) is 3.86. The Morgan fingerprint density at radius 3 is 2.84 bits per heavy atom. The molecule has 9 heteroatoms. The summed E-state index contributed by atoms with van der Waals surface area (Å²) in [6.07, 6.45) is 2.23. The van der Waals surface area contributed by atoms with Crippen molar-refractivity contribution >= 4 is 11.8 Å². The number of nitrogens with one attached hydrogen (secondary N) is 2. The van der Waals surface area contributed by atoms with Gasteiger partial charge in [-0.2, -0.15) is 4.68 Å². The molecule has 1 aromatic heterocycles. The van der Waals surface area contributed by atoms with Gasteiger partial charge in [-0.15, -0.1) is 5.10 Å². The normalized spacial score (nSPS) is 17.6. The Hall–Kier alpha value is -2.97. The standard InChI is InChI=1S/C16H17FN4O4/c17-11-6-4-10(5-7-11)15-20-21(16(24)25-15)9-13(22)19-12-3-1-2-8-18-14(12)23/h4-7,12H,1-3,8-9H2,(H,18,23)(H,19,22)/t12-/m1/s1. The van der Waals surface area contributed by atoms with Crippen LogP contribution >= 0.6 is 0 Å². The van der Waals surface area contributed by atoms with E-state index in [1.54, 1.807) is 0 Å². The molecule has 8 nitrogen and oxygen atoms in total. The Bertz CT molecular complexity index is 827. The van der Waals surface area contributed by atoms with E-state index in [2.05, 4.69) is 15.7 Å². The van der Waals surface area contributed by atoms with E-state index < -0.39 is 23.5 Å². The fourth-order valence-electron chi connectivity index (χ4n) is 2.57. The van der Waals surface area contributed by atoms with E-state index in [0.717, 1.165) is 17.5 Å². The molecule has 0 saturated carbocycles. The Morgan fingerprint density at radius 2 is 2.08 bits per heavy atom. The summed E-state index contributed by atoms with van der Waals surface area (Å²) in [6.45, 7) is 0.224. The highest BCUT2D eigenvalue weighted by molar-refractivity contribution is 5.87. The van der Waals surface area contributed by atoms with E-state index in [1.165, 1.54) is 24.3 Å². The van der Waals surface area contributed by atoms with Crippen LogP contribution in [0, 0.1) is 5.82 Å². The van der Waals surface area contributed by atoms with Gasteiger partial charge in [0.25, 0.3) is 0 Å². The van der Waals surface area contributed by atoms with Gasteiger partial charge in [0.2, 0.25) is 17.7 Å². The minimum atomic E-state index is -0.806. The molecule has 0 radical (unpaired) electrons. The van der Waals surface area contributed by atoms with Gasteiger partial charge >= 0.3 is 5.76 Å². The average molecular weight is 348 g/mol. The lowest BCUT2D eigenvalue weighted by molar-refractivity contribution is -0.129. The summed E-state index contributed by atoms with van der Waals surface area (Å²) in [6, 6.07) is 4.65. The van der Waals surface area contributed by atoms with Crippen molar-refractivity contribution in [2.45, 2.75) is 31.8 Å². The van der Waals surface area contributed by atoms with Crippen LogP contribution in [0.25, 0.3) is 11.5 Å². The van der Waals surface area contributed by atoms with E-state index in [4.69, 9.17) is 4.42 Å². The van der Waals surface area contributed by atoms with Gasteiger partial charge in [0.1, 0.15) is 18.4 Å². The summed E-state index contributed by atoms with van der Waals surface area (Å²) in [4.78, 5) is 35.8. The maximum Gasteiger partial charge on any atom is 0.437 e. The fourth-order valence-corrected chi connectivity index (χ4v) is 2.57. The molecule has 2 amide bonds. The number of rotatable bonds is 4. The van der Waals surface area contributed by atoms with Crippen LogP contribution in [0.5, 0.6) is 0 Å². The van der Waals surface area contributed by atoms with E-state index >= 15 is 0 Å². The van der Waals surface area contributed by atoms with Crippen molar-refractivity contribution in [3.05, 3.63) is 40.6 Å². The molecule has 1 aliphatic heterocycles. The predicted molar refractivity (Wildman–Crippen MR) is 84.9 cm³/mol. The van der Waals surface area contributed by atoms with E-state index in [9.17, 15) is 18.8 Å². The maximum absolute atomic E-state index is 12.9. The fraction of sp³-hybridized carbons (Fsp3) is 0.375. The van der Waals surface area contributed by atoms with Crippen LogP contribution in [0.15, 0.2) is 33.5 Å². The quantitative estimate of drug-likeness (QED) is 0.833. The molecule has 2 aromatic rings. The monoisotopic (exact) mass is 348 g/mol. The number of hydrogen-bond acceptors (Lipinski definition) is 5. The smallest absolute Gasteiger partial charge is 0.388 e. The topological polar surface area (TPSA) is 106 Å².